The molecule has 0 bridgehead atoms. The Bertz CT molecular complexity index is 806. The molecule has 0 fully saturated rings. The number of hydrogen-bond donors (Lipinski definition) is 1. The van der Waals surface area contributed by atoms with Crippen LogP contribution >= 0.6 is 0 Å². The van der Waals surface area contributed by atoms with Gasteiger partial charge in [-0.2, -0.15) is 5.10 Å². The molecule has 0 radical (unpaired) electrons. The highest BCUT2D eigenvalue weighted by Gasteiger charge is 2.12. The van der Waals surface area contributed by atoms with Gasteiger partial charge in [-0.1, -0.05) is 0 Å². The van der Waals surface area contributed by atoms with Crippen molar-refractivity contribution in [3.63, 3.8) is 0 Å². The summed E-state index contributed by atoms with van der Waals surface area (Å²) in [4.78, 5) is 13.2. The topological polar surface area (TPSA) is 89.9 Å². The zero-order chi connectivity index (χ0) is 15.0. The maximum atomic E-state index is 11.8. The van der Waals surface area contributed by atoms with Crippen LogP contribution in [0.2, 0.25) is 0 Å². The fourth-order valence-corrected chi connectivity index (χ4v) is 2.00. The minimum atomic E-state index is -0.191. The Morgan fingerprint density at radius 1 is 1.19 bits per heavy atom. The molecular formula is C14H14N6O. The molecule has 0 aliphatic carbocycles. The molecule has 0 saturated carbocycles. The van der Waals surface area contributed by atoms with Crippen molar-refractivity contribution in [3.8, 4) is 5.82 Å². The SMILES string of the molecule is CN(C)C(=O)c1ccc(-n2ncc3ccc(N)cc32)nn1. The van der Waals surface area contributed by atoms with Crippen molar-refractivity contribution < 1.29 is 4.79 Å². The van der Waals surface area contributed by atoms with E-state index in [0.717, 1.165) is 10.9 Å². The normalized spacial score (nSPS) is 10.8. The van der Waals surface area contributed by atoms with Gasteiger partial charge >= 0.3 is 0 Å². The van der Waals surface area contributed by atoms with Crippen LogP contribution in [0.4, 0.5) is 5.69 Å². The van der Waals surface area contributed by atoms with Crippen molar-refractivity contribution in [3.05, 3.63) is 42.2 Å². The van der Waals surface area contributed by atoms with Crippen LogP contribution in [0.3, 0.4) is 0 Å². The predicted molar refractivity (Wildman–Crippen MR) is 79.1 cm³/mol. The van der Waals surface area contributed by atoms with Crippen molar-refractivity contribution in [2.75, 3.05) is 19.8 Å². The average molecular weight is 282 g/mol. The van der Waals surface area contributed by atoms with Crippen molar-refractivity contribution in [1.29, 1.82) is 0 Å². The third-order valence-electron chi connectivity index (χ3n) is 3.09. The molecule has 0 spiro atoms. The molecule has 7 heteroatoms. The lowest BCUT2D eigenvalue weighted by molar-refractivity contribution is 0.0821. The molecule has 7 nitrogen and oxygen atoms in total. The van der Waals surface area contributed by atoms with Crippen LogP contribution in [0.15, 0.2) is 36.5 Å². The first-order valence-electron chi connectivity index (χ1n) is 6.35. The Morgan fingerprint density at radius 2 is 2.00 bits per heavy atom. The van der Waals surface area contributed by atoms with Gasteiger partial charge in [0.1, 0.15) is 0 Å². The Morgan fingerprint density at radius 3 is 2.67 bits per heavy atom. The standard InChI is InChI=1S/C14H14N6O/c1-19(2)14(21)11-5-6-13(18-17-11)20-12-7-10(15)4-3-9(12)8-16-20/h3-8H,15H2,1-2H3. The Kier molecular flexibility index (Phi) is 3.02. The van der Waals surface area contributed by atoms with Gasteiger partial charge in [0.2, 0.25) is 0 Å². The number of benzene rings is 1. The highest BCUT2D eigenvalue weighted by molar-refractivity contribution is 5.91. The summed E-state index contributed by atoms with van der Waals surface area (Å²) in [6.45, 7) is 0. The summed E-state index contributed by atoms with van der Waals surface area (Å²) in [6, 6.07) is 8.87. The molecule has 0 unspecified atom stereocenters. The molecule has 0 saturated heterocycles. The summed E-state index contributed by atoms with van der Waals surface area (Å²) in [5, 5.41) is 13.3. The van der Waals surface area contributed by atoms with Gasteiger partial charge in [-0.25, -0.2) is 4.68 Å². The monoisotopic (exact) mass is 282 g/mol. The third-order valence-corrected chi connectivity index (χ3v) is 3.09. The van der Waals surface area contributed by atoms with E-state index in [4.69, 9.17) is 5.73 Å². The number of amides is 1. The van der Waals surface area contributed by atoms with Gasteiger partial charge in [0, 0.05) is 25.2 Å². The van der Waals surface area contributed by atoms with E-state index in [1.54, 1.807) is 37.1 Å². The van der Waals surface area contributed by atoms with Gasteiger partial charge in [0.15, 0.2) is 11.5 Å². The first-order chi connectivity index (χ1) is 10.1. The molecule has 3 aromatic rings. The summed E-state index contributed by atoms with van der Waals surface area (Å²) in [5.41, 5.74) is 7.58. The lowest BCUT2D eigenvalue weighted by Gasteiger charge is -2.09. The van der Waals surface area contributed by atoms with Gasteiger partial charge < -0.3 is 10.6 Å². The maximum absolute atomic E-state index is 11.8. The van der Waals surface area contributed by atoms with E-state index in [9.17, 15) is 4.79 Å². The number of nitrogens with zero attached hydrogens (tertiary/aromatic N) is 5. The van der Waals surface area contributed by atoms with Gasteiger partial charge in [-0.3, -0.25) is 4.79 Å². The number of nitrogen functional groups attached to an aromatic ring is 1. The highest BCUT2D eigenvalue weighted by atomic mass is 16.2. The molecule has 3 rings (SSSR count). The quantitative estimate of drug-likeness (QED) is 0.711. The Balaban J connectivity index is 2.03. The minimum absolute atomic E-state index is 0.191. The second-order valence-corrected chi connectivity index (χ2v) is 4.85. The second-order valence-electron chi connectivity index (χ2n) is 4.85. The number of fused-ring (bicyclic) bond motifs is 1. The van der Waals surface area contributed by atoms with Gasteiger partial charge in [0.25, 0.3) is 5.91 Å². The number of carbonyl (C=O) groups is 1. The van der Waals surface area contributed by atoms with Crippen LogP contribution in [-0.2, 0) is 0 Å². The molecule has 21 heavy (non-hydrogen) atoms. The highest BCUT2D eigenvalue weighted by Crippen LogP contribution is 2.19. The zero-order valence-electron chi connectivity index (χ0n) is 11.7. The van der Waals surface area contributed by atoms with Gasteiger partial charge in [0.05, 0.1) is 11.7 Å². The molecular weight excluding hydrogens is 268 g/mol. The molecule has 1 aromatic carbocycles. The Hall–Kier alpha value is -2.96. The van der Waals surface area contributed by atoms with E-state index in [-0.39, 0.29) is 5.91 Å². The van der Waals surface area contributed by atoms with Crippen molar-refractivity contribution >= 4 is 22.5 Å². The van der Waals surface area contributed by atoms with Gasteiger partial charge in [-0.15, -0.1) is 10.2 Å². The summed E-state index contributed by atoms with van der Waals surface area (Å²) in [6.07, 6.45) is 1.73. The van der Waals surface area contributed by atoms with Crippen molar-refractivity contribution in [2.45, 2.75) is 0 Å². The van der Waals surface area contributed by atoms with E-state index in [0.29, 0.717) is 17.2 Å². The van der Waals surface area contributed by atoms with Crippen LogP contribution in [0.1, 0.15) is 10.5 Å². The number of carbonyl (C=O) groups excluding carboxylic acids is 1. The maximum Gasteiger partial charge on any atom is 0.273 e. The molecule has 2 aromatic heterocycles. The number of rotatable bonds is 2. The van der Waals surface area contributed by atoms with Crippen LogP contribution in [0.5, 0.6) is 0 Å². The second kappa shape index (κ2) is 4.86. The molecule has 0 aliphatic rings. The average Bonchev–Trinajstić information content (AvgIpc) is 2.89. The van der Waals surface area contributed by atoms with Crippen LogP contribution in [-0.4, -0.2) is 44.9 Å². The predicted octanol–water partition coefficient (Wildman–Crippen LogP) is 1.10. The fourth-order valence-electron chi connectivity index (χ4n) is 2.00. The summed E-state index contributed by atoms with van der Waals surface area (Å²) in [5.74, 6) is 0.342. The summed E-state index contributed by atoms with van der Waals surface area (Å²) in [7, 11) is 3.34. The summed E-state index contributed by atoms with van der Waals surface area (Å²) >= 11 is 0. The van der Waals surface area contributed by atoms with E-state index >= 15 is 0 Å². The minimum Gasteiger partial charge on any atom is -0.399 e. The molecule has 106 valence electrons. The van der Waals surface area contributed by atoms with Crippen LogP contribution < -0.4 is 5.73 Å². The lowest BCUT2D eigenvalue weighted by Crippen LogP contribution is -2.23. The number of hydrogen-bond acceptors (Lipinski definition) is 5. The smallest absolute Gasteiger partial charge is 0.273 e. The van der Waals surface area contributed by atoms with E-state index in [1.165, 1.54) is 4.90 Å². The molecule has 2 heterocycles. The fraction of sp³-hybridized carbons (Fsp3) is 0.143. The zero-order valence-corrected chi connectivity index (χ0v) is 11.7. The first-order valence-corrected chi connectivity index (χ1v) is 6.35. The molecule has 2 N–H and O–H groups in total. The van der Waals surface area contributed by atoms with Crippen LogP contribution in [0.25, 0.3) is 16.7 Å². The molecule has 1 amide bonds. The third kappa shape index (κ3) is 2.29. The van der Waals surface area contributed by atoms with Crippen LogP contribution in [0, 0.1) is 0 Å². The lowest BCUT2D eigenvalue weighted by atomic mass is 10.2. The van der Waals surface area contributed by atoms with E-state index in [1.807, 2.05) is 18.2 Å². The number of nitrogens with two attached hydrogens (primary N) is 1. The largest absolute Gasteiger partial charge is 0.399 e. The Labute approximate surface area is 121 Å². The van der Waals surface area contributed by atoms with Gasteiger partial charge in [-0.05, 0) is 30.3 Å². The van der Waals surface area contributed by atoms with E-state index < -0.39 is 0 Å². The molecule has 0 aliphatic heterocycles. The first kappa shape index (κ1) is 13.0. The number of anilines is 1. The molecule has 0 atom stereocenters. The number of aromatic nitrogens is 4. The van der Waals surface area contributed by atoms with E-state index in [2.05, 4.69) is 15.3 Å². The van der Waals surface area contributed by atoms with Crippen molar-refractivity contribution in [1.82, 2.24) is 24.9 Å². The summed E-state index contributed by atoms with van der Waals surface area (Å²) < 4.78 is 1.64. The van der Waals surface area contributed by atoms with Crippen molar-refractivity contribution in [2.24, 2.45) is 0 Å².